The zero-order valence-corrected chi connectivity index (χ0v) is 23.1. The zero-order valence-electron chi connectivity index (χ0n) is 23.1. The average molecular weight is 548 g/mol. The molecule has 206 valence electrons. The molecule has 0 radical (unpaired) electrons. The number of aromatic nitrogens is 3. The van der Waals surface area contributed by atoms with Gasteiger partial charge in [-0.05, 0) is 86.1 Å². The van der Waals surface area contributed by atoms with Crippen LogP contribution < -0.4 is 21.7 Å². The Labute approximate surface area is 236 Å². The summed E-state index contributed by atoms with van der Waals surface area (Å²) < 4.78 is 1.77. The van der Waals surface area contributed by atoms with E-state index in [-0.39, 0.29) is 17.7 Å². The van der Waals surface area contributed by atoms with Crippen LogP contribution in [0, 0.1) is 13.8 Å². The number of anilines is 3. The van der Waals surface area contributed by atoms with E-state index in [1.54, 1.807) is 60.3 Å². The van der Waals surface area contributed by atoms with Crippen LogP contribution >= 0.6 is 0 Å². The summed E-state index contributed by atoms with van der Waals surface area (Å²) in [6.07, 6.45) is 0. The SMILES string of the molecule is CNC(=O)c1ccc(C(=O)Nc2cc(NC(=O)c3ccc4c(c3)c(-c3ccc(N)nc3C)nn4C)ccc2C)cc1. The Morgan fingerprint density at radius 3 is 2.12 bits per heavy atom. The molecule has 0 bridgehead atoms. The maximum absolute atomic E-state index is 13.3. The van der Waals surface area contributed by atoms with E-state index < -0.39 is 0 Å². The number of hydrogen-bond donors (Lipinski definition) is 4. The second kappa shape index (κ2) is 10.9. The summed E-state index contributed by atoms with van der Waals surface area (Å²) in [6, 6.07) is 20.7. The van der Waals surface area contributed by atoms with Crippen molar-refractivity contribution >= 4 is 45.8 Å². The molecule has 0 saturated carbocycles. The highest BCUT2D eigenvalue weighted by Gasteiger charge is 2.17. The van der Waals surface area contributed by atoms with Gasteiger partial charge >= 0.3 is 0 Å². The Morgan fingerprint density at radius 2 is 1.44 bits per heavy atom. The number of fused-ring (bicyclic) bond motifs is 1. The van der Waals surface area contributed by atoms with Crippen LogP contribution in [0.2, 0.25) is 0 Å². The zero-order chi connectivity index (χ0) is 29.3. The van der Waals surface area contributed by atoms with Gasteiger partial charge in [-0.15, -0.1) is 0 Å². The number of nitrogen functional groups attached to an aromatic ring is 1. The molecule has 0 unspecified atom stereocenters. The van der Waals surface area contributed by atoms with E-state index in [0.29, 0.717) is 39.6 Å². The van der Waals surface area contributed by atoms with Crippen molar-refractivity contribution in [3.63, 3.8) is 0 Å². The molecule has 5 rings (SSSR count). The molecule has 5 aromatic rings. The fraction of sp³-hybridized carbons (Fsp3) is 0.129. The Kier molecular flexibility index (Phi) is 7.22. The number of nitrogens with two attached hydrogens (primary N) is 1. The lowest BCUT2D eigenvalue weighted by Crippen LogP contribution is -2.18. The Bertz CT molecular complexity index is 1820. The first-order chi connectivity index (χ1) is 19.6. The van der Waals surface area contributed by atoms with Gasteiger partial charge in [0, 0.05) is 58.8 Å². The van der Waals surface area contributed by atoms with Crippen LogP contribution in [0.1, 0.15) is 42.3 Å². The van der Waals surface area contributed by atoms with Crippen molar-refractivity contribution in [2.24, 2.45) is 7.05 Å². The summed E-state index contributed by atoms with van der Waals surface area (Å²) in [5.41, 5.74) is 12.2. The average Bonchev–Trinajstić information content (AvgIpc) is 3.29. The standard InChI is InChI=1S/C31H29N7O3/c1-17-5-11-22(16-25(17)36-30(40)20-8-6-19(7-9-20)29(39)33-3)35-31(41)21-10-13-26-24(15-21)28(37-38(26)4)23-12-14-27(32)34-18(23)2/h5-16H,1-4H3,(H2,32,34)(H,33,39)(H,35,41)(H,36,40). The number of carbonyl (C=O) groups is 3. The van der Waals surface area contributed by atoms with E-state index in [4.69, 9.17) is 5.73 Å². The minimum Gasteiger partial charge on any atom is -0.384 e. The molecule has 0 saturated heterocycles. The first kappa shape index (κ1) is 27.1. The van der Waals surface area contributed by atoms with Gasteiger partial charge in [0.25, 0.3) is 17.7 Å². The minimum absolute atomic E-state index is 0.229. The van der Waals surface area contributed by atoms with Crippen LogP contribution in [0.3, 0.4) is 0 Å². The molecule has 0 aliphatic carbocycles. The monoisotopic (exact) mass is 547 g/mol. The van der Waals surface area contributed by atoms with Gasteiger partial charge in [0.15, 0.2) is 0 Å². The van der Waals surface area contributed by atoms with E-state index in [2.05, 4.69) is 26.0 Å². The highest BCUT2D eigenvalue weighted by atomic mass is 16.2. The van der Waals surface area contributed by atoms with Gasteiger partial charge in [-0.2, -0.15) is 5.10 Å². The Hall–Kier alpha value is -5.51. The molecule has 10 heteroatoms. The van der Waals surface area contributed by atoms with Crippen LogP contribution in [0.25, 0.3) is 22.2 Å². The molecule has 10 nitrogen and oxygen atoms in total. The van der Waals surface area contributed by atoms with Crippen LogP contribution in [-0.2, 0) is 7.05 Å². The van der Waals surface area contributed by atoms with Gasteiger partial charge in [0.1, 0.15) is 11.5 Å². The number of carbonyl (C=O) groups excluding carboxylic acids is 3. The lowest BCUT2D eigenvalue weighted by molar-refractivity contribution is 0.0960. The molecule has 0 atom stereocenters. The number of benzene rings is 3. The first-order valence-corrected chi connectivity index (χ1v) is 12.9. The fourth-order valence-corrected chi connectivity index (χ4v) is 4.59. The van der Waals surface area contributed by atoms with E-state index in [9.17, 15) is 14.4 Å². The summed E-state index contributed by atoms with van der Waals surface area (Å²) >= 11 is 0. The maximum atomic E-state index is 13.3. The molecule has 41 heavy (non-hydrogen) atoms. The van der Waals surface area contributed by atoms with E-state index in [1.807, 2.05) is 45.2 Å². The minimum atomic E-state index is -0.331. The smallest absolute Gasteiger partial charge is 0.255 e. The molecule has 2 heterocycles. The normalized spacial score (nSPS) is 10.8. The van der Waals surface area contributed by atoms with Crippen LogP contribution in [-0.4, -0.2) is 39.5 Å². The Balaban J connectivity index is 1.37. The molecule has 2 aromatic heterocycles. The molecule has 0 spiro atoms. The molecular weight excluding hydrogens is 518 g/mol. The highest BCUT2D eigenvalue weighted by molar-refractivity contribution is 6.09. The summed E-state index contributed by atoms with van der Waals surface area (Å²) in [5, 5.41) is 13.8. The van der Waals surface area contributed by atoms with Crippen molar-refractivity contribution < 1.29 is 14.4 Å². The van der Waals surface area contributed by atoms with Gasteiger partial charge in [-0.25, -0.2) is 4.98 Å². The van der Waals surface area contributed by atoms with Gasteiger partial charge in [0.05, 0.1) is 5.52 Å². The van der Waals surface area contributed by atoms with Gasteiger partial charge in [-0.3, -0.25) is 19.1 Å². The number of amides is 3. The van der Waals surface area contributed by atoms with Crippen molar-refractivity contribution in [2.75, 3.05) is 23.4 Å². The van der Waals surface area contributed by atoms with E-state index >= 15 is 0 Å². The van der Waals surface area contributed by atoms with Gasteiger partial charge < -0.3 is 21.7 Å². The predicted octanol–water partition coefficient (Wildman–Crippen LogP) is 4.70. The summed E-state index contributed by atoms with van der Waals surface area (Å²) in [6.45, 7) is 3.73. The largest absolute Gasteiger partial charge is 0.384 e. The number of pyridine rings is 1. The van der Waals surface area contributed by atoms with E-state index in [0.717, 1.165) is 27.7 Å². The van der Waals surface area contributed by atoms with Gasteiger partial charge in [-0.1, -0.05) is 6.07 Å². The topological polar surface area (TPSA) is 144 Å². The third kappa shape index (κ3) is 5.48. The molecule has 3 amide bonds. The summed E-state index contributed by atoms with van der Waals surface area (Å²) in [7, 11) is 3.40. The quantitative estimate of drug-likeness (QED) is 0.243. The predicted molar refractivity (Wildman–Crippen MR) is 160 cm³/mol. The van der Waals surface area contributed by atoms with Crippen molar-refractivity contribution in [2.45, 2.75) is 13.8 Å². The van der Waals surface area contributed by atoms with Crippen molar-refractivity contribution in [1.82, 2.24) is 20.1 Å². The summed E-state index contributed by atoms with van der Waals surface area (Å²) in [4.78, 5) is 42.3. The van der Waals surface area contributed by atoms with Crippen LogP contribution in [0.15, 0.2) is 72.8 Å². The Morgan fingerprint density at radius 1 is 0.780 bits per heavy atom. The maximum Gasteiger partial charge on any atom is 0.255 e. The van der Waals surface area contributed by atoms with Crippen molar-refractivity contribution in [3.05, 3.63) is 101 Å². The third-order valence-electron chi connectivity index (χ3n) is 6.85. The van der Waals surface area contributed by atoms with Crippen LogP contribution in [0.5, 0.6) is 0 Å². The van der Waals surface area contributed by atoms with Crippen LogP contribution in [0.4, 0.5) is 17.2 Å². The second-order valence-corrected chi connectivity index (χ2v) is 9.67. The number of hydrogen-bond acceptors (Lipinski definition) is 6. The molecule has 5 N–H and O–H groups in total. The molecule has 0 aliphatic rings. The van der Waals surface area contributed by atoms with Crippen molar-refractivity contribution in [3.8, 4) is 11.3 Å². The molecule has 3 aromatic carbocycles. The molecule has 0 fully saturated rings. The first-order valence-electron chi connectivity index (χ1n) is 12.9. The fourth-order valence-electron chi connectivity index (χ4n) is 4.59. The number of nitrogens with zero attached hydrogens (tertiary/aromatic N) is 3. The van der Waals surface area contributed by atoms with Gasteiger partial charge in [0.2, 0.25) is 0 Å². The lowest BCUT2D eigenvalue weighted by Gasteiger charge is -2.12. The molecular formula is C31H29N7O3. The lowest BCUT2D eigenvalue weighted by atomic mass is 10.0. The molecule has 0 aliphatic heterocycles. The highest BCUT2D eigenvalue weighted by Crippen LogP contribution is 2.31. The summed E-state index contributed by atoms with van der Waals surface area (Å²) in [5.74, 6) is -0.437. The number of rotatable bonds is 6. The van der Waals surface area contributed by atoms with Crippen molar-refractivity contribution in [1.29, 1.82) is 0 Å². The number of aryl methyl sites for hydroxylation is 3. The second-order valence-electron chi connectivity index (χ2n) is 9.67. The third-order valence-corrected chi connectivity index (χ3v) is 6.85. The number of nitrogens with one attached hydrogen (secondary N) is 3. The van der Waals surface area contributed by atoms with E-state index in [1.165, 1.54) is 0 Å².